The average molecular weight is 294 g/mol. The number of carboxylic acids is 1. The van der Waals surface area contributed by atoms with Crippen molar-refractivity contribution in [1.29, 1.82) is 0 Å². The molecule has 0 aliphatic heterocycles. The largest absolute Gasteiger partial charge is 0.481 e. The van der Waals surface area contributed by atoms with Gasteiger partial charge in [0.1, 0.15) is 0 Å². The van der Waals surface area contributed by atoms with Crippen molar-refractivity contribution in [2.24, 2.45) is 11.8 Å². The number of amides is 1. The van der Waals surface area contributed by atoms with Crippen molar-refractivity contribution < 1.29 is 14.7 Å². The number of rotatable bonds is 4. The van der Waals surface area contributed by atoms with Crippen LogP contribution in [0.1, 0.15) is 50.1 Å². The Morgan fingerprint density at radius 2 is 1.90 bits per heavy atom. The molecule has 6 heteroatoms. The molecule has 2 N–H and O–H groups in total. The fraction of sp³-hybridized carbons (Fsp3) is 0.643. The lowest BCUT2D eigenvalue weighted by atomic mass is 9.79. The highest BCUT2D eigenvalue weighted by Crippen LogP contribution is 2.41. The SMILES string of the molecule is O=C(O)[C@H]1CCCC[C@H]1C(=O)Nc1nc(C2CC2)cs1. The summed E-state index contributed by atoms with van der Waals surface area (Å²) in [6.45, 7) is 0. The van der Waals surface area contributed by atoms with Crippen molar-refractivity contribution in [3.8, 4) is 0 Å². The Kier molecular flexibility index (Phi) is 3.74. The predicted octanol–water partition coefficient (Wildman–Crippen LogP) is 2.85. The van der Waals surface area contributed by atoms with Crippen LogP contribution in [0.3, 0.4) is 0 Å². The van der Waals surface area contributed by atoms with E-state index >= 15 is 0 Å². The van der Waals surface area contributed by atoms with Gasteiger partial charge in [-0.15, -0.1) is 11.3 Å². The number of carboxylic acid groups (broad SMARTS) is 1. The summed E-state index contributed by atoms with van der Waals surface area (Å²) in [6, 6.07) is 0. The Morgan fingerprint density at radius 3 is 2.55 bits per heavy atom. The Labute approximate surface area is 121 Å². The van der Waals surface area contributed by atoms with Crippen LogP contribution < -0.4 is 5.32 Å². The van der Waals surface area contributed by atoms with E-state index in [1.54, 1.807) is 0 Å². The lowest BCUT2D eigenvalue weighted by molar-refractivity contribution is -0.147. The van der Waals surface area contributed by atoms with Gasteiger partial charge in [0.05, 0.1) is 17.5 Å². The normalized spacial score (nSPS) is 26.2. The maximum absolute atomic E-state index is 12.3. The number of aliphatic carboxylic acids is 1. The van der Waals surface area contributed by atoms with Gasteiger partial charge in [-0.25, -0.2) is 4.98 Å². The third-order valence-electron chi connectivity index (χ3n) is 4.17. The van der Waals surface area contributed by atoms with Gasteiger partial charge in [0.2, 0.25) is 5.91 Å². The first-order valence-electron chi connectivity index (χ1n) is 7.14. The third kappa shape index (κ3) is 2.85. The standard InChI is InChI=1S/C14H18N2O3S/c17-12(9-3-1-2-4-10(9)13(18)19)16-14-15-11(7-20-14)8-5-6-8/h7-10H,1-6H2,(H,18,19)(H,15,16,17)/t9-,10+/m1/s1. The molecule has 0 bridgehead atoms. The molecule has 2 atom stereocenters. The highest BCUT2D eigenvalue weighted by Gasteiger charge is 2.36. The van der Waals surface area contributed by atoms with Gasteiger partial charge in [-0.2, -0.15) is 0 Å². The molecule has 2 saturated carbocycles. The van der Waals surface area contributed by atoms with Gasteiger partial charge in [0.15, 0.2) is 5.13 Å². The molecule has 0 spiro atoms. The van der Waals surface area contributed by atoms with Crippen LogP contribution in [0.15, 0.2) is 5.38 Å². The van der Waals surface area contributed by atoms with Crippen molar-refractivity contribution in [2.45, 2.75) is 44.4 Å². The molecule has 20 heavy (non-hydrogen) atoms. The van der Waals surface area contributed by atoms with Gasteiger partial charge < -0.3 is 10.4 Å². The Morgan fingerprint density at radius 1 is 1.20 bits per heavy atom. The van der Waals surface area contributed by atoms with E-state index in [9.17, 15) is 14.7 Å². The van der Waals surface area contributed by atoms with Crippen LogP contribution in [0.5, 0.6) is 0 Å². The first-order chi connectivity index (χ1) is 9.65. The molecule has 1 aromatic rings. The molecule has 1 aromatic heterocycles. The van der Waals surface area contributed by atoms with Crippen LogP contribution in [0.2, 0.25) is 0 Å². The number of hydrogen-bond donors (Lipinski definition) is 2. The van der Waals surface area contributed by atoms with Crippen molar-refractivity contribution in [3.05, 3.63) is 11.1 Å². The predicted molar refractivity (Wildman–Crippen MR) is 75.8 cm³/mol. The smallest absolute Gasteiger partial charge is 0.307 e. The molecule has 2 aliphatic carbocycles. The Balaban J connectivity index is 1.65. The lowest BCUT2D eigenvalue weighted by Crippen LogP contribution is -2.36. The number of nitrogens with one attached hydrogen (secondary N) is 1. The molecule has 0 aromatic carbocycles. The van der Waals surface area contributed by atoms with Crippen molar-refractivity contribution in [3.63, 3.8) is 0 Å². The van der Waals surface area contributed by atoms with E-state index < -0.39 is 17.8 Å². The van der Waals surface area contributed by atoms with Gasteiger partial charge in [0.25, 0.3) is 0 Å². The molecular weight excluding hydrogens is 276 g/mol. The summed E-state index contributed by atoms with van der Waals surface area (Å²) in [5.41, 5.74) is 1.06. The van der Waals surface area contributed by atoms with Gasteiger partial charge in [-0.05, 0) is 25.7 Å². The van der Waals surface area contributed by atoms with Crippen molar-refractivity contribution >= 4 is 28.3 Å². The molecule has 3 rings (SSSR count). The van der Waals surface area contributed by atoms with Gasteiger partial charge >= 0.3 is 5.97 Å². The van der Waals surface area contributed by atoms with Gasteiger partial charge in [-0.3, -0.25) is 9.59 Å². The zero-order valence-corrected chi connectivity index (χ0v) is 12.0. The third-order valence-corrected chi connectivity index (χ3v) is 4.94. The number of nitrogens with zero attached hydrogens (tertiary/aromatic N) is 1. The zero-order valence-electron chi connectivity index (χ0n) is 11.2. The van der Waals surface area contributed by atoms with Gasteiger partial charge in [-0.1, -0.05) is 12.8 Å². The van der Waals surface area contributed by atoms with Crippen molar-refractivity contribution in [2.75, 3.05) is 5.32 Å². The van der Waals surface area contributed by atoms with Crippen molar-refractivity contribution in [1.82, 2.24) is 4.98 Å². The van der Waals surface area contributed by atoms with E-state index in [2.05, 4.69) is 10.3 Å². The molecule has 1 heterocycles. The van der Waals surface area contributed by atoms with E-state index in [0.29, 0.717) is 23.9 Å². The summed E-state index contributed by atoms with van der Waals surface area (Å²) in [5.74, 6) is -1.45. The summed E-state index contributed by atoms with van der Waals surface area (Å²) in [7, 11) is 0. The second kappa shape index (κ2) is 5.52. The minimum absolute atomic E-state index is 0.186. The quantitative estimate of drug-likeness (QED) is 0.895. The summed E-state index contributed by atoms with van der Waals surface area (Å²) in [6.07, 6.45) is 5.43. The summed E-state index contributed by atoms with van der Waals surface area (Å²) >= 11 is 1.43. The van der Waals surface area contributed by atoms with E-state index in [-0.39, 0.29) is 5.91 Å². The first-order valence-corrected chi connectivity index (χ1v) is 8.02. The molecule has 5 nitrogen and oxygen atoms in total. The molecule has 1 amide bonds. The van der Waals surface area contributed by atoms with E-state index in [1.165, 1.54) is 24.2 Å². The molecule has 0 unspecified atom stereocenters. The molecular formula is C14H18N2O3S. The highest BCUT2D eigenvalue weighted by molar-refractivity contribution is 7.13. The fourth-order valence-corrected chi connectivity index (χ4v) is 3.64. The number of anilines is 1. The molecule has 2 fully saturated rings. The van der Waals surface area contributed by atoms with Crippen LogP contribution in [0.4, 0.5) is 5.13 Å². The average Bonchev–Trinajstić information content (AvgIpc) is 3.19. The topological polar surface area (TPSA) is 79.3 Å². The molecule has 0 saturated heterocycles. The number of carbonyl (C=O) groups is 2. The van der Waals surface area contributed by atoms with Gasteiger partial charge in [0, 0.05) is 11.3 Å². The lowest BCUT2D eigenvalue weighted by Gasteiger charge is -2.26. The fourth-order valence-electron chi connectivity index (χ4n) is 2.85. The second-order valence-electron chi connectivity index (χ2n) is 5.68. The number of carbonyl (C=O) groups excluding carboxylic acids is 1. The van der Waals surface area contributed by atoms with Crippen LogP contribution >= 0.6 is 11.3 Å². The number of hydrogen-bond acceptors (Lipinski definition) is 4. The summed E-state index contributed by atoms with van der Waals surface area (Å²) in [5, 5.41) is 14.6. The maximum Gasteiger partial charge on any atom is 0.307 e. The minimum atomic E-state index is -0.859. The van der Waals surface area contributed by atoms with E-state index in [4.69, 9.17) is 0 Å². The maximum atomic E-state index is 12.3. The zero-order chi connectivity index (χ0) is 14.1. The molecule has 2 aliphatic rings. The van der Waals surface area contributed by atoms with Crippen LogP contribution in [-0.2, 0) is 9.59 Å². The Hall–Kier alpha value is -1.43. The van der Waals surface area contributed by atoms with E-state index in [0.717, 1.165) is 18.5 Å². The summed E-state index contributed by atoms with van der Waals surface area (Å²) in [4.78, 5) is 27.9. The van der Waals surface area contributed by atoms with Crippen LogP contribution in [-0.4, -0.2) is 22.0 Å². The monoisotopic (exact) mass is 294 g/mol. The minimum Gasteiger partial charge on any atom is -0.481 e. The highest BCUT2D eigenvalue weighted by atomic mass is 32.1. The van der Waals surface area contributed by atoms with Crippen LogP contribution in [0.25, 0.3) is 0 Å². The number of thiazole rings is 1. The second-order valence-corrected chi connectivity index (χ2v) is 6.53. The first kappa shape index (κ1) is 13.5. The summed E-state index contributed by atoms with van der Waals surface area (Å²) < 4.78 is 0. The molecule has 108 valence electrons. The number of aromatic nitrogens is 1. The van der Waals surface area contributed by atoms with E-state index in [1.807, 2.05) is 5.38 Å². The molecule has 0 radical (unpaired) electrons. The van der Waals surface area contributed by atoms with Crippen LogP contribution in [0, 0.1) is 11.8 Å². The Bertz CT molecular complexity index is 524.